The van der Waals surface area contributed by atoms with Crippen molar-refractivity contribution in [3.05, 3.63) is 29.8 Å². The molecule has 0 aliphatic carbocycles. The Morgan fingerprint density at radius 3 is 2.77 bits per heavy atom. The number of H-pyrrole nitrogens is 1. The van der Waals surface area contributed by atoms with Gasteiger partial charge in [-0.05, 0) is 12.1 Å². The number of nitrogens with zero attached hydrogens (tertiary/aromatic N) is 3. The molecular formula is C7H7ClN4O. The van der Waals surface area contributed by atoms with Crippen molar-refractivity contribution in [2.75, 3.05) is 0 Å². The summed E-state index contributed by atoms with van der Waals surface area (Å²) in [7, 11) is 0. The number of hydrogen-bond acceptors (Lipinski definition) is 3. The Balaban J connectivity index is 0.000000845. The molecule has 0 unspecified atom stereocenters. The van der Waals surface area contributed by atoms with E-state index in [0.29, 0.717) is 11.0 Å². The quantitative estimate of drug-likeness (QED) is 0.685. The normalized spacial score (nSPS) is 9.31. The van der Waals surface area contributed by atoms with Crippen LogP contribution >= 0.6 is 11.6 Å². The molecule has 13 heavy (non-hydrogen) atoms. The Labute approximate surface area is 79.1 Å². The smallest absolute Gasteiger partial charge is 0.180 e. The molecule has 0 aliphatic rings. The summed E-state index contributed by atoms with van der Waals surface area (Å²) >= 11 is 5.68. The number of pyridine rings is 1. The van der Waals surface area contributed by atoms with Gasteiger partial charge in [-0.2, -0.15) is 5.10 Å². The van der Waals surface area contributed by atoms with E-state index in [1.165, 1.54) is 6.33 Å². The molecule has 0 fully saturated rings. The van der Waals surface area contributed by atoms with E-state index in [-0.39, 0.29) is 5.48 Å². The highest BCUT2D eigenvalue weighted by Gasteiger charge is 2.00. The zero-order chi connectivity index (χ0) is 8.39. The van der Waals surface area contributed by atoms with Gasteiger partial charge in [0.05, 0.1) is 0 Å². The Morgan fingerprint density at radius 1 is 1.31 bits per heavy atom. The zero-order valence-electron chi connectivity index (χ0n) is 6.53. The van der Waals surface area contributed by atoms with Gasteiger partial charge >= 0.3 is 0 Å². The third-order valence-electron chi connectivity index (χ3n) is 1.40. The first kappa shape index (κ1) is 9.63. The average molecular weight is 199 g/mol. The molecule has 0 spiro atoms. The SMILES string of the molecule is Clc1cc(-c2nc[nH]n2)ccn1.O. The predicted octanol–water partition coefficient (Wildman–Crippen LogP) is 0.695. The summed E-state index contributed by atoms with van der Waals surface area (Å²) in [5, 5.41) is 6.97. The molecule has 3 N–H and O–H groups in total. The molecule has 0 bridgehead atoms. The molecule has 0 aliphatic heterocycles. The molecule has 5 nitrogen and oxygen atoms in total. The number of hydrogen-bond donors (Lipinski definition) is 1. The topological polar surface area (TPSA) is 86.0 Å². The Bertz CT molecular complexity index is 376. The Hall–Kier alpha value is -1.46. The van der Waals surface area contributed by atoms with Crippen LogP contribution in [0.3, 0.4) is 0 Å². The summed E-state index contributed by atoms with van der Waals surface area (Å²) in [4.78, 5) is 7.82. The van der Waals surface area contributed by atoms with E-state index in [1.807, 2.05) is 0 Å². The van der Waals surface area contributed by atoms with Gasteiger partial charge in [-0.15, -0.1) is 0 Å². The lowest BCUT2D eigenvalue weighted by atomic mass is 10.2. The van der Waals surface area contributed by atoms with Crippen LogP contribution in [0.5, 0.6) is 0 Å². The van der Waals surface area contributed by atoms with Gasteiger partial charge < -0.3 is 5.48 Å². The highest BCUT2D eigenvalue weighted by molar-refractivity contribution is 6.29. The fourth-order valence-corrected chi connectivity index (χ4v) is 1.06. The van der Waals surface area contributed by atoms with Crippen LogP contribution in [-0.4, -0.2) is 25.6 Å². The van der Waals surface area contributed by atoms with Crippen molar-refractivity contribution in [3.8, 4) is 11.4 Å². The summed E-state index contributed by atoms with van der Waals surface area (Å²) in [6, 6.07) is 3.51. The minimum Gasteiger partial charge on any atom is -0.412 e. The maximum Gasteiger partial charge on any atom is 0.180 e. The van der Waals surface area contributed by atoms with Gasteiger partial charge in [0.15, 0.2) is 5.82 Å². The molecular weight excluding hydrogens is 192 g/mol. The van der Waals surface area contributed by atoms with Gasteiger partial charge in [-0.3, -0.25) is 5.10 Å². The van der Waals surface area contributed by atoms with Crippen LogP contribution in [0.1, 0.15) is 0 Å². The summed E-state index contributed by atoms with van der Waals surface area (Å²) in [5.74, 6) is 0.624. The second kappa shape index (κ2) is 3.97. The van der Waals surface area contributed by atoms with E-state index >= 15 is 0 Å². The van der Waals surface area contributed by atoms with Crippen LogP contribution in [0.25, 0.3) is 11.4 Å². The fraction of sp³-hybridized carbons (Fsp3) is 0. The van der Waals surface area contributed by atoms with Crippen molar-refractivity contribution in [1.82, 2.24) is 20.2 Å². The van der Waals surface area contributed by atoms with Crippen molar-refractivity contribution in [1.29, 1.82) is 0 Å². The molecule has 0 aromatic carbocycles. The fourth-order valence-electron chi connectivity index (χ4n) is 0.890. The first-order valence-electron chi connectivity index (χ1n) is 3.34. The van der Waals surface area contributed by atoms with Crippen molar-refractivity contribution in [2.45, 2.75) is 0 Å². The molecule has 6 heteroatoms. The van der Waals surface area contributed by atoms with Gasteiger partial charge in [0.25, 0.3) is 0 Å². The van der Waals surface area contributed by atoms with E-state index in [1.54, 1.807) is 18.3 Å². The third kappa shape index (κ3) is 2.01. The van der Waals surface area contributed by atoms with Crippen LogP contribution in [0.2, 0.25) is 5.15 Å². The highest BCUT2D eigenvalue weighted by atomic mass is 35.5. The number of aromatic amines is 1. The Morgan fingerprint density at radius 2 is 2.15 bits per heavy atom. The highest BCUT2D eigenvalue weighted by Crippen LogP contribution is 2.15. The first-order chi connectivity index (χ1) is 5.86. The number of rotatable bonds is 1. The van der Waals surface area contributed by atoms with E-state index in [2.05, 4.69) is 20.2 Å². The van der Waals surface area contributed by atoms with E-state index in [0.717, 1.165) is 5.56 Å². The zero-order valence-corrected chi connectivity index (χ0v) is 7.28. The van der Waals surface area contributed by atoms with Gasteiger partial charge in [-0.25, -0.2) is 9.97 Å². The molecule has 2 heterocycles. The monoisotopic (exact) mass is 198 g/mol. The van der Waals surface area contributed by atoms with Gasteiger partial charge in [0, 0.05) is 11.8 Å². The summed E-state index contributed by atoms with van der Waals surface area (Å²) in [6.45, 7) is 0. The second-order valence-corrected chi connectivity index (χ2v) is 2.58. The summed E-state index contributed by atoms with van der Waals surface area (Å²) in [5.41, 5.74) is 0.858. The van der Waals surface area contributed by atoms with Crippen molar-refractivity contribution < 1.29 is 5.48 Å². The van der Waals surface area contributed by atoms with E-state index < -0.39 is 0 Å². The molecule has 68 valence electrons. The van der Waals surface area contributed by atoms with E-state index in [9.17, 15) is 0 Å². The van der Waals surface area contributed by atoms with Crippen LogP contribution < -0.4 is 0 Å². The Kier molecular flexibility index (Phi) is 2.94. The lowest BCUT2D eigenvalue weighted by molar-refractivity contribution is 0.824. The van der Waals surface area contributed by atoms with Crippen LogP contribution in [0.4, 0.5) is 0 Å². The van der Waals surface area contributed by atoms with Gasteiger partial charge in [0.1, 0.15) is 11.5 Å². The second-order valence-electron chi connectivity index (χ2n) is 2.19. The van der Waals surface area contributed by atoms with Gasteiger partial charge in [-0.1, -0.05) is 11.6 Å². The summed E-state index contributed by atoms with van der Waals surface area (Å²) < 4.78 is 0. The van der Waals surface area contributed by atoms with Crippen LogP contribution in [0.15, 0.2) is 24.7 Å². The maximum absolute atomic E-state index is 5.68. The lowest BCUT2D eigenvalue weighted by Crippen LogP contribution is -1.81. The minimum absolute atomic E-state index is 0. The standard InChI is InChI=1S/C7H5ClN4.H2O/c8-6-3-5(1-2-9-6)7-10-4-11-12-7;/h1-4H,(H,10,11,12);1H2. The maximum atomic E-state index is 5.68. The van der Waals surface area contributed by atoms with E-state index in [4.69, 9.17) is 11.6 Å². The molecule has 2 aromatic heterocycles. The molecule has 0 saturated heterocycles. The number of nitrogens with one attached hydrogen (secondary N) is 1. The number of aromatic nitrogens is 4. The third-order valence-corrected chi connectivity index (χ3v) is 1.61. The average Bonchev–Trinajstić information content (AvgIpc) is 2.56. The molecule has 0 amide bonds. The predicted molar refractivity (Wildman–Crippen MR) is 48.2 cm³/mol. The van der Waals surface area contributed by atoms with Crippen molar-refractivity contribution in [2.24, 2.45) is 0 Å². The lowest BCUT2D eigenvalue weighted by Gasteiger charge is -1.93. The largest absolute Gasteiger partial charge is 0.412 e. The number of halogens is 1. The molecule has 0 radical (unpaired) electrons. The first-order valence-corrected chi connectivity index (χ1v) is 3.72. The van der Waals surface area contributed by atoms with Crippen molar-refractivity contribution in [3.63, 3.8) is 0 Å². The molecule has 2 rings (SSSR count). The van der Waals surface area contributed by atoms with Crippen LogP contribution in [-0.2, 0) is 0 Å². The summed E-state index contributed by atoms with van der Waals surface area (Å²) in [6.07, 6.45) is 3.14. The molecule has 2 aromatic rings. The van der Waals surface area contributed by atoms with Gasteiger partial charge in [0.2, 0.25) is 0 Å². The van der Waals surface area contributed by atoms with Crippen LogP contribution in [0, 0.1) is 0 Å². The molecule has 0 saturated carbocycles. The van der Waals surface area contributed by atoms with Crippen molar-refractivity contribution >= 4 is 11.6 Å². The molecule has 0 atom stereocenters. The minimum atomic E-state index is 0.